The van der Waals surface area contributed by atoms with Gasteiger partial charge in [-0.1, -0.05) is 31.4 Å². The lowest BCUT2D eigenvalue weighted by molar-refractivity contribution is 0.0615. The molecular formula is C15H23ClFNO. The molecule has 1 aromatic rings. The van der Waals surface area contributed by atoms with Crippen LogP contribution in [-0.4, -0.2) is 11.2 Å². The van der Waals surface area contributed by atoms with Crippen molar-refractivity contribution < 1.29 is 9.50 Å². The van der Waals surface area contributed by atoms with Crippen molar-refractivity contribution in [1.29, 1.82) is 0 Å². The molecule has 1 saturated carbocycles. The fourth-order valence-electron chi connectivity index (χ4n) is 2.94. The van der Waals surface area contributed by atoms with E-state index in [-0.39, 0.29) is 24.1 Å². The molecule has 0 spiro atoms. The van der Waals surface area contributed by atoms with E-state index >= 15 is 0 Å². The number of aliphatic hydroxyl groups is 1. The maximum absolute atomic E-state index is 13.5. The van der Waals surface area contributed by atoms with Gasteiger partial charge in [0.25, 0.3) is 0 Å². The maximum atomic E-state index is 13.5. The van der Waals surface area contributed by atoms with Crippen molar-refractivity contribution in [3.8, 4) is 0 Å². The van der Waals surface area contributed by atoms with Gasteiger partial charge in [-0.25, -0.2) is 4.39 Å². The molecule has 4 heteroatoms. The van der Waals surface area contributed by atoms with Crippen molar-refractivity contribution in [3.05, 3.63) is 35.1 Å². The van der Waals surface area contributed by atoms with Gasteiger partial charge < -0.3 is 10.8 Å². The number of benzene rings is 1. The van der Waals surface area contributed by atoms with Crippen LogP contribution in [0.5, 0.6) is 0 Å². The highest BCUT2D eigenvalue weighted by Crippen LogP contribution is 2.32. The molecule has 0 heterocycles. The molecule has 0 unspecified atom stereocenters. The third-order valence-electron chi connectivity index (χ3n) is 4.17. The van der Waals surface area contributed by atoms with Crippen LogP contribution >= 0.6 is 12.4 Å². The van der Waals surface area contributed by atoms with Crippen molar-refractivity contribution in [3.63, 3.8) is 0 Å². The van der Waals surface area contributed by atoms with E-state index in [4.69, 9.17) is 5.73 Å². The van der Waals surface area contributed by atoms with Gasteiger partial charge in [0.1, 0.15) is 5.82 Å². The Kier molecular flexibility index (Phi) is 6.24. The summed E-state index contributed by atoms with van der Waals surface area (Å²) in [6.45, 7) is 1.72. The molecular weight excluding hydrogens is 265 g/mol. The largest absolute Gasteiger partial charge is 0.391 e. The summed E-state index contributed by atoms with van der Waals surface area (Å²) in [6.07, 6.45) is 5.07. The molecule has 3 N–H and O–H groups in total. The second-order valence-corrected chi connectivity index (χ2v) is 5.37. The molecule has 0 aromatic heterocycles. The Bertz CT molecular complexity index is 407. The van der Waals surface area contributed by atoms with Crippen molar-refractivity contribution in [2.45, 2.75) is 51.2 Å². The minimum Gasteiger partial charge on any atom is -0.391 e. The maximum Gasteiger partial charge on any atom is 0.126 e. The Balaban J connectivity index is 0.00000180. The summed E-state index contributed by atoms with van der Waals surface area (Å²) < 4.78 is 13.5. The van der Waals surface area contributed by atoms with Crippen LogP contribution in [0.15, 0.2) is 18.2 Å². The van der Waals surface area contributed by atoms with Gasteiger partial charge in [0.15, 0.2) is 0 Å². The first-order chi connectivity index (χ1) is 8.61. The Morgan fingerprint density at radius 3 is 2.53 bits per heavy atom. The highest BCUT2D eigenvalue weighted by atomic mass is 35.5. The average molecular weight is 288 g/mol. The number of halogens is 2. The van der Waals surface area contributed by atoms with Crippen LogP contribution in [0, 0.1) is 18.7 Å². The summed E-state index contributed by atoms with van der Waals surface area (Å²) in [4.78, 5) is 0. The summed E-state index contributed by atoms with van der Waals surface area (Å²) in [7, 11) is 0. The molecule has 1 aliphatic carbocycles. The third-order valence-corrected chi connectivity index (χ3v) is 4.17. The van der Waals surface area contributed by atoms with Gasteiger partial charge in [-0.3, -0.25) is 0 Å². The first-order valence-electron chi connectivity index (χ1n) is 6.80. The van der Waals surface area contributed by atoms with Gasteiger partial charge >= 0.3 is 0 Å². The number of aliphatic hydroxyl groups excluding tert-OH is 1. The first-order valence-corrected chi connectivity index (χ1v) is 6.80. The average Bonchev–Trinajstić information content (AvgIpc) is 2.41. The lowest BCUT2D eigenvalue weighted by atomic mass is 9.80. The highest BCUT2D eigenvalue weighted by Gasteiger charge is 2.28. The Morgan fingerprint density at radius 2 is 1.89 bits per heavy atom. The Hall–Kier alpha value is -0.640. The minimum atomic E-state index is -0.564. The van der Waals surface area contributed by atoms with E-state index in [0.29, 0.717) is 5.56 Å². The molecule has 19 heavy (non-hydrogen) atoms. The summed E-state index contributed by atoms with van der Waals surface area (Å²) in [5, 5.41) is 10.4. The zero-order valence-electron chi connectivity index (χ0n) is 11.3. The van der Waals surface area contributed by atoms with Gasteiger partial charge in [-0.15, -0.1) is 12.4 Å². The summed E-state index contributed by atoms with van der Waals surface area (Å²) in [5.74, 6) is 0.00946. The SMILES string of the molecule is Cc1c(F)cccc1[C@@H](N)[C@@H](O)C1CCCCC1.Cl. The monoisotopic (exact) mass is 287 g/mol. The third kappa shape index (κ3) is 3.68. The van der Waals surface area contributed by atoms with Gasteiger partial charge in [0, 0.05) is 0 Å². The second-order valence-electron chi connectivity index (χ2n) is 5.37. The quantitative estimate of drug-likeness (QED) is 0.894. The molecule has 0 bridgehead atoms. The van der Waals surface area contributed by atoms with Gasteiger partial charge in [-0.2, -0.15) is 0 Å². The van der Waals surface area contributed by atoms with E-state index in [2.05, 4.69) is 0 Å². The van der Waals surface area contributed by atoms with Crippen LogP contribution in [0.2, 0.25) is 0 Å². The predicted octanol–water partition coefficient (Wildman–Crippen LogP) is 3.50. The molecule has 0 aliphatic heterocycles. The van der Waals surface area contributed by atoms with E-state index in [0.717, 1.165) is 31.2 Å². The summed E-state index contributed by atoms with van der Waals surface area (Å²) in [6, 6.07) is 4.42. The van der Waals surface area contributed by atoms with Crippen LogP contribution in [0.25, 0.3) is 0 Å². The van der Waals surface area contributed by atoms with E-state index in [1.165, 1.54) is 12.5 Å². The lowest BCUT2D eigenvalue weighted by Crippen LogP contribution is -2.34. The fraction of sp³-hybridized carbons (Fsp3) is 0.600. The topological polar surface area (TPSA) is 46.2 Å². The second kappa shape index (κ2) is 7.22. The minimum absolute atomic E-state index is 0. The number of hydrogen-bond donors (Lipinski definition) is 2. The van der Waals surface area contributed by atoms with Crippen molar-refractivity contribution >= 4 is 12.4 Å². The first kappa shape index (κ1) is 16.4. The van der Waals surface area contributed by atoms with Crippen molar-refractivity contribution in [2.75, 3.05) is 0 Å². The normalized spacial score (nSPS) is 19.6. The molecule has 2 rings (SSSR count). The molecule has 2 atom stereocenters. The Labute approximate surface area is 120 Å². The van der Waals surface area contributed by atoms with E-state index < -0.39 is 12.1 Å². The smallest absolute Gasteiger partial charge is 0.126 e. The fourth-order valence-corrected chi connectivity index (χ4v) is 2.94. The Morgan fingerprint density at radius 1 is 1.26 bits per heavy atom. The molecule has 1 aliphatic rings. The zero-order chi connectivity index (χ0) is 13.1. The van der Waals surface area contributed by atoms with E-state index in [9.17, 15) is 9.50 Å². The standard InChI is InChI=1S/C15H22FNO.ClH/c1-10-12(8-5-9-13(10)16)14(17)15(18)11-6-3-2-4-7-11;/h5,8-9,11,14-15,18H,2-4,6-7,17H2,1H3;1H/t14-,15+;/m1./s1. The predicted molar refractivity (Wildman–Crippen MR) is 77.9 cm³/mol. The van der Waals surface area contributed by atoms with Crippen LogP contribution in [0.1, 0.15) is 49.3 Å². The number of rotatable bonds is 3. The van der Waals surface area contributed by atoms with Crippen LogP contribution in [0.4, 0.5) is 4.39 Å². The number of hydrogen-bond acceptors (Lipinski definition) is 2. The molecule has 0 saturated heterocycles. The van der Waals surface area contributed by atoms with Gasteiger partial charge in [0.2, 0.25) is 0 Å². The van der Waals surface area contributed by atoms with Crippen molar-refractivity contribution in [1.82, 2.24) is 0 Å². The molecule has 0 amide bonds. The van der Waals surface area contributed by atoms with Crippen LogP contribution < -0.4 is 5.73 Å². The zero-order valence-corrected chi connectivity index (χ0v) is 12.1. The van der Waals surface area contributed by atoms with E-state index in [1.807, 2.05) is 6.07 Å². The molecule has 1 fully saturated rings. The lowest BCUT2D eigenvalue weighted by Gasteiger charge is -2.31. The number of nitrogens with two attached hydrogens (primary N) is 1. The molecule has 1 aromatic carbocycles. The van der Waals surface area contributed by atoms with Crippen LogP contribution in [-0.2, 0) is 0 Å². The molecule has 108 valence electrons. The summed E-state index contributed by atoms with van der Waals surface area (Å²) in [5.41, 5.74) is 7.41. The van der Waals surface area contributed by atoms with E-state index in [1.54, 1.807) is 13.0 Å². The van der Waals surface area contributed by atoms with Crippen LogP contribution in [0.3, 0.4) is 0 Å². The molecule has 2 nitrogen and oxygen atoms in total. The van der Waals surface area contributed by atoms with Crippen molar-refractivity contribution in [2.24, 2.45) is 11.7 Å². The van der Waals surface area contributed by atoms with Gasteiger partial charge in [-0.05, 0) is 42.9 Å². The molecule has 0 radical (unpaired) electrons. The highest BCUT2D eigenvalue weighted by molar-refractivity contribution is 5.85. The van der Waals surface area contributed by atoms with Gasteiger partial charge in [0.05, 0.1) is 12.1 Å². The summed E-state index contributed by atoms with van der Waals surface area (Å²) >= 11 is 0.